The van der Waals surface area contributed by atoms with Crippen LogP contribution in [-0.4, -0.2) is 33.3 Å². The van der Waals surface area contributed by atoms with E-state index in [0.717, 1.165) is 65.5 Å². The van der Waals surface area contributed by atoms with Crippen molar-refractivity contribution in [3.63, 3.8) is 0 Å². The Morgan fingerprint density at radius 1 is 0.541 bits per heavy atom. The molecule has 7 aromatic carbocycles. The average Bonchev–Trinajstić information content (AvgIpc) is 3.29. The number of esters is 2. The number of anilines is 1. The maximum absolute atomic E-state index is 12.6. The van der Waals surface area contributed by atoms with Crippen LogP contribution in [0.25, 0.3) is 88.0 Å². The summed E-state index contributed by atoms with van der Waals surface area (Å²) in [5, 5.41) is 23.2. The van der Waals surface area contributed by atoms with Crippen LogP contribution in [0.1, 0.15) is 20.7 Å². The van der Waals surface area contributed by atoms with E-state index in [0.29, 0.717) is 55.8 Å². The number of benzene rings is 8. The zero-order valence-corrected chi connectivity index (χ0v) is 33.3. The number of rotatable bonds is 5. The van der Waals surface area contributed by atoms with Crippen molar-refractivity contribution >= 4 is 72.1 Å². The maximum atomic E-state index is 12.6. The first-order valence-electron chi connectivity index (χ1n) is 19.3. The van der Waals surface area contributed by atoms with Gasteiger partial charge in [0, 0.05) is 50.7 Å². The van der Waals surface area contributed by atoms with Gasteiger partial charge in [0.25, 0.3) is 0 Å². The molecule has 0 spiro atoms. The van der Waals surface area contributed by atoms with Crippen molar-refractivity contribution in [2.24, 2.45) is 0 Å². The second kappa shape index (κ2) is 15.5. The summed E-state index contributed by atoms with van der Waals surface area (Å²) in [6, 6.07) is 44.8. The number of nitrogens with one attached hydrogen (secondary N) is 2. The molecule has 0 saturated heterocycles. The molecule has 0 amide bonds. The normalized spacial score (nSPS) is 11.2. The van der Waals surface area contributed by atoms with E-state index in [1.807, 2.05) is 109 Å². The largest absolute Gasteiger partial charge is 0.496 e. The van der Waals surface area contributed by atoms with Crippen LogP contribution >= 0.6 is 0 Å². The summed E-state index contributed by atoms with van der Waals surface area (Å²) < 4.78 is 28.3. The van der Waals surface area contributed by atoms with Gasteiger partial charge in [0.15, 0.2) is 0 Å². The van der Waals surface area contributed by atoms with Gasteiger partial charge in [-0.2, -0.15) is 0 Å². The Balaban J connectivity index is 0.000000156. The summed E-state index contributed by atoms with van der Waals surface area (Å²) in [4.78, 5) is 25.1. The molecule has 0 fully saturated rings. The Morgan fingerprint density at radius 3 is 1.80 bits per heavy atom. The van der Waals surface area contributed by atoms with Gasteiger partial charge in [-0.3, -0.25) is 0 Å². The highest BCUT2D eigenvalue weighted by Crippen LogP contribution is 2.45. The van der Waals surface area contributed by atoms with Crippen molar-refractivity contribution in [1.29, 1.82) is 10.8 Å². The monoisotopic (exact) mass is 803 g/mol. The minimum absolute atomic E-state index is 0.343. The third-order valence-corrected chi connectivity index (χ3v) is 10.9. The Kier molecular flexibility index (Phi) is 9.73. The van der Waals surface area contributed by atoms with Crippen LogP contribution in [0, 0.1) is 10.8 Å². The van der Waals surface area contributed by atoms with Gasteiger partial charge in [0.2, 0.25) is 0 Å². The Morgan fingerprint density at radius 2 is 1.13 bits per heavy atom. The summed E-state index contributed by atoms with van der Waals surface area (Å²) in [5.41, 5.74) is 13.3. The lowest BCUT2D eigenvalue weighted by atomic mass is 9.89. The smallest absolute Gasteiger partial charge is 0.338 e. The quantitative estimate of drug-likeness (QED) is 0.0670. The van der Waals surface area contributed by atoms with E-state index in [-0.39, 0.29) is 0 Å². The van der Waals surface area contributed by atoms with Crippen LogP contribution in [0.3, 0.4) is 0 Å². The molecule has 0 radical (unpaired) electrons. The lowest BCUT2D eigenvalue weighted by Crippen LogP contribution is -2.05. The number of ether oxygens (including phenoxy) is 3. The van der Waals surface area contributed by atoms with Gasteiger partial charge < -0.3 is 39.6 Å². The molecule has 0 bridgehead atoms. The Hall–Kier alpha value is -8.24. The van der Waals surface area contributed by atoms with Crippen molar-refractivity contribution in [3.05, 3.63) is 167 Å². The third kappa shape index (κ3) is 6.56. The molecule has 298 valence electrons. The van der Waals surface area contributed by atoms with Crippen LogP contribution < -0.4 is 21.2 Å². The molecule has 2 heterocycles. The number of nitrogens with two attached hydrogens (primary N) is 1. The number of nitrogen functional groups attached to an aromatic ring is 1. The van der Waals surface area contributed by atoms with Crippen LogP contribution in [0.4, 0.5) is 5.69 Å². The van der Waals surface area contributed by atoms with Gasteiger partial charge in [0.1, 0.15) is 28.3 Å². The minimum atomic E-state index is -0.412. The molecule has 4 N–H and O–H groups in total. The molecule has 10 heteroatoms. The fourth-order valence-electron chi connectivity index (χ4n) is 8.15. The van der Waals surface area contributed by atoms with Crippen molar-refractivity contribution in [3.8, 4) is 39.3 Å². The number of hydrogen-bond donors (Lipinski definition) is 3. The van der Waals surface area contributed by atoms with E-state index in [1.165, 1.54) is 14.2 Å². The first-order valence-corrected chi connectivity index (χ1v) is 19.3. The van der Waals surface area contributed by atoms with Crippen molar-refractivity contribution in [2.75, 3.05) is 27.1 Å². The van der Waals surface area contributed by atoms with Crippen LogP contribution in [0.15, 0.2) is 154 Å². The fourth-order valence-corrected chi connectivity index (χ4v) is 8.15. The van der Waals surface area contributed by atoms with Gasteiger partial charge in [-0.1, -0.05) is 72.8 Å². The van der Waals surface area contributed by atoms with Gasteiger partial charge in [-0.15, -0.1) is 0 Å². The number of methoxy groups -OCH3 is 3. The predicted octanol–water partition coefficient (Wildman–Crippen LogP) is 10.9. The molecule has 1 aliphatic carbocycles. The molecule has 10 rings (SSSR count). The molecule has 2 aliphatic rings. The van der Waals surface area contributed by atoms with Crippen molar-refractivity contribution in [1.82, 2.24) is 0 Å². The highest BCUT2D eigenvalue weighted by atomic mass is 16.5. The van der Waals surface area contributed by atoms with Gasteiger partial charge in [-0.05, 0) is 82.6 Å². The number of hydrogen-bond acceptors (Lipinski definition) is 10. The van der Waals surface area contributed by atoms with E-state index in [4.69, 9.17) is 39.6 Å². The van der Waals surface area contributed by atoms with Gasteiger partial charge in [0.05, 0.1) is 53.9 Å². The predicted molar refractivity (Wildman–Crippen MR) is 238 cm³/mol. The van der Waals surface area contributed by atoms with Crippen LogP contribution in [-0.2, 0) is 9.47 Å². The molecular weight excluding hydrogens is 767 g/mol. The summed E-state index contributed by atoms with van der Waals surface area (Å²) >= 11 is 0. The van der Waals surface area contributed by atoms with E-state index in [2.05, 4.69) is 0 Å². The highest BCUT2D eigenvalue weighted by molar-refractivity contribution is 6.18. The van der Waals surface area contributed by atoms with E-state index >= 15 is 0 Å². The number of carbonyl (C=O) groups is 2. The lowest BCUT2D eigenvalue weighted by Gasteiger charge is -2.18. The van der Waals surface area contributed by atoms with Gasteiger partial charge >= 0.3 is 11.9 Å². The highest BCUT2D eigenvalue weighted by Gasteiger charge is 2.24. The SMILES string of the molecule is COC(=O)c1ccccc1-c1c2ccc(=N)cc-2oc2c1ccc1cccc(OC)c12.COC(=O)c1ccccc1-c1c2ccc(N)cc2oc2c1ccc1cccc(=N)c12. The lowest BCUT2D eigenvalue weighted by molar-refractivity contribution is 0.0592. The summed E-state index contributed by atoms with van der Waals surface area (Å²) in [7, 11) is 4.38. The summed E-state index contributed by atoms with van der Waals surface area (Å²) in [6.45, 7) is 0. The minimum Gasteiger partial charge on any atom is -0.496 e. The molecule has 8 aromatic rings. The molecular formula is C51H37N3O7. The number of carbonyl (C=O) groups excluding carboxylic acids is 2. The Bertz CT molecular complexity index is 3500. The first-order chi connectivity index (χ1) is 29.7. The van der Waals surface area contributed by atoms with Crippen molar-refractivity contribution in [2.45, 2.75) is 0 Å². The molecule has 1 aliphatic heterocycles. The molecule has 0 saturated carbocycles. The Labute approximate surface area is 348 Å². The van der Waals surface area contributed by atoms with Crippen molar-refractivity contribution < 1.29 is 32.6 Å². The fraction of sp³-hybridized carbons (Fsp3) is 0.0588. The third-order valence-electron chi connectivity index (χ3n) is 10.9. The first kappa shape index (κ1) is 38.3. The zero-order valence-electron chi connectivity index (χ0n) is 33.3. The van der Waals surface area contributed by atoms with Crippen LogP contribution in [0.2, 0.25) is 0 Å². The number of fused-ring (bicyclic) bond motifs is 8. The molecule has 1 aromatic heterocycles. The zero-order chi connectivity index (χ0) is 42.4. The topological polar surface area (TPSA) is 162 Å². The second-order valence-electron chi connectivity index (χ2n) is 14.3. The van der Waals surface area contributed by atoms with E-state index < -0.39 is 11.9 Å². The summed E-state index contributed by atoms with van der Waals surface area (Å²) in [6.07, 6.45) is 0. The molecule has 0 unspecified atom stereocenters. The average molecular weight is 804 g/mol. The molecule has 61 heavy (non-hydrogen) atoms. The van der Waals surface area contributed by atoms with E-state index in [1.54, 1.807) is 43.5 Å². The standard InChI is InChI=1S/C26H19NO4.C25H18N2O3/c1-29-21-9-5-6-15-10-12-20-24(17-7-3-4-8-18(17)26(28)30-2)19-13-11-16(27)14-22(19)31-25(20)23(15)21;1-29-25(28)17-7-3-2-6-16(17)23-18-12-10-15(26)13-21(18)30-24-19(23)11-9-14-5-4-8-20(27)22(14)24/h3-14,27H,1-2H3;2-13,27H,26H2,1H3. The molecule has 10 nitrogen and oxygen atoms in total. The molecule has 0 atom stereocenters. The second-order valence-corrected chi connectivity index (χ2v) is 14.3. The van der Waals surface area contributed by atoms with E-state index in [9.17, 15) is 9.59 Å². The maximum Gasteiger partial charge on any atom is 0.338 e. The van der Waals surface area contributed by atoms with Crippen LogP contribution in [0.5, 0.6) is 5.75 Å². The van der Waals surface area contributed by atoms with Gasteiger partial charge in [-0.25, -0.2) is 9.59 Å². The summed E-state index contributed by atoms with van der Waals surface area (Å²) in [5.74, 6) is 0.437.